The number of rotatable bonds is 5. The van der Waals surface area contributed by atoms with E-state index in [1.165, 1.54) is 7.11 Å². The lowest BCUT2D eigenvalue weighted by Gasteiger charge is -2.06. The number of methoxy groups -OCH3 is 1. The Balaban J connectivity index is 1.76. The molecule has 7 heteroatoms. The molecule has 0 atom stereocenters. The third-order valence-corrected chi connectivity index (χ3v) is 4.57. The van der Waals surface area contributed by atoms with Crippen LogP contribution in [0, 0.1) is 0 Å². The number of nitrogens with one attached hydrogen (secondary N) is 1. The van der Waals surface area contributed by atoms with Gasteiger partial charge in [0, 0.05) is 37.7 Å². The fraction of sp³-hybridized carbons (Fsp3) is 0.286. The summed E-state index contributed by atoms with van der Waals surface area (Å²) in [5.41, 5.74) is 3.86. The average Bonchev–Trinajstić information content (AvgIpc) is 3.25. The van der Waals surface area contributed by atoms with Gasteiger partial charge in [0.2, 0.25) is 0 Å². The maximum atomic E-state index is 12.5. The number of hydrogen-bond acceptors (Lipinski definition) is 4. The molecule has 2 aromatic heterocycles. The zero-order chi connectivity index (χ0) is 20.4. The molecule has 3 aromatic rings. The van der Waals surface area contributed by atoms with Crippen LogP contribution < -0.4 is 5.32 Å². The van der Waals surface area contributed by atoms with Crippen LogP contribution in [-0.2, 0) is 18.8 Å². The second kappa shape index (κ2) is 7.72. The van der Waals surface area contributed by atoms with Gasteiger partial charge in [-0.1, -0.05) is 26.0 Å². The van der Waals surface area contributed by atoms with E-state index in [0.29, 0.717) is 17.2 Å². The zero-order valence-electron chi connectivity index (χ0n) is 16.7. The molecule has 3 rings (SSSR count). The molecule has 0 radical (unpaired) electrons. The Morgan fingerprint density at radius 1 is 1.04 bits per heavy atom. The van der Waals surface area contributed by atoms with Crippen LogP contribution in [0.25, 0.3) is 11.1 Å². The monoisotopic (exact) mass is 380 g/mol. The smallest absolute Gasteiger partial charge is 0.354 e. The lowest BCUT2D eigenvalue weighted by molar-refractivity contribution is 0.0590. The highest BCUT2D eigenvalue weighted by Gasteiger charge is 2.16. The number of carbonyl (C=O) groups excluding carboxylic acids is 2. The standard InChI is InChI=1S/C21H24N4O3/c1-13(2)17-12-25(4)19(23-17)20(26)22-16-8-6-14(7-9-16)15-10-18(21(27)28-5)24(3)11-15/h6-13H,1-5H3,(H,22,26). The van der Waals surface area contributed by atoms with Crippen molar-refractivity contribution in [3.8, 4) is 11.1 Å². The number of anilines is 1. The van der Waals surface area contributed by atoms with Crippen LogP contribution in [0.5, 0.6) is 0 Å². The Labute approximate surface area is 164 Å². The van der Waals surface area contributed by atoms with Crippen LogP contribution in [0.3, 0.4) is 0 Å². The minimum Gasteiger partial charge on any atom is -0.464 e. The number of aryl methyl sites for hydroxylation is 2. The molecule has 0 bridgehead atoms. The van der Waals surface area contributed by atoms with Crippen molar-refractivity contribution in [2.24, 2.45) is 14.1 Å². The minimum atomic E-state index is -0.381. The second-order valence-electron chi connectivity index (χ2n) is 7.00. The molecular formula is C21H24N4O3. The molecule has 0 aliphatic heterocycles. The number of ether oxygens (including phenoxy) is 1. The van der Waals surface area contributed by atoms with E-state index in [-0.39, 0.29) is 17.8 Å². The van der Waals surface area contributed by atoms with Crippen LogP contribution in [0.4, 0.5) is 5.69 Å². The Hall–Kier alpha value is -3.35. The van der Waals surface area contributed by atoms with E-state index < -0.39 is 0 Å². The molecular weight excluding hydrogens is 356 g/mol. The Morgan fingerprint density at radius 2 is 1.71 bits per heavy atom. The van der Waals surface area contributed by atoms with E-state index in [1.807, 2.05) is 57.6 Å². The number of aromatic nitrogens is 3. The van der Waals surface area contributed by atoms with Gasteiger partial charge in [0.25, 0.3) is 5.91 Å². The maximum Gasteiger partial charge on any atom is 0.354 e. The number of imidazole rings is 1. The van der Waals surface area contributed by atoms with E-state index in [4.69, 9.17) is 4.74 Å². The molecule has 0 aliphatic carbocycles. The van der Waals surface area contributed by atoms with Crippen LogP contribution in [0.1, 0.15) is 46.6 Å². The summed E-state index contributed by atoms with van der Waals surface area (Å²) >= 11 is 0. The van der Waals surface area contributed by atoms with Gasteiger partial charge in [0.15, 0.2) is 5.82 Å². The molecule has 0 aliphatic rings. The maximum absolute atomic E-state index is 12.5. The van der Waals surface area contributed by atoms with Crippen LogP contribution in [0.2, 0.25) is 0 Å². The van der Waals surface area contributed by atoms with Crippen molar-refractivity contribution >= 4 is 17.6 Å². The lowest BCUT2D eigenvalue weighted by atomic mass is 10.1. The van der Waals surface area contributed by atoms with E-state index >= 15 is 0 Å². The minimum absolute atomic E-state index is 0.255. The molecule has 1 amide bonds. The van der Waals surface area contributed by atoms with Crippen molar-refractivity contribution in [2.45, 2.75) is 19.8 Å². The van der Waals surface area contributed by atoms with Gasteiger partial charge in [-0.2, -0.15) is 0 Å². The first kappa shape index (κ1) is 19.4. The molecule has 1 aromatic carbocycles. The summed E-state index contributed by atoms with van der Waals surface area (Å²) in [4.78, 5) is 28.7. The molecule has 0 saturated carbocycles. The van der Waals surface area contributed by atoms with Gasteiger partial charge >= 0.3 is 5.97 Å². The molecule has 0 fully saturated rings. The molecule has 0 unspecified atom stereocenters. The largest absolute Gasteiger partial charge is 0.464 e. The first-order valence-corrected chi connectivity index (χ1v) is 9.00. The van der Waals surface area contributed by atoms with E-state index in [0.717, 1.165) is 16.8 Å². The topological polar surface area (TPSA) is 78.2 Å². The Kier molecular flexibility index (Phi) is 5.35. The van der Waals surface area contributed by atoms with Gasteiger partial charge in [-0.05, 0) is 29.7 Å². The molecule has 7 nitrogen and oxygen atoms in total. The van der Waals surface area contributed by atoms with Crippen LogP contribution in [-0.4, -0.2) is 33.1 Å². The number of amides is 1. The average molecular weight is 380 g/mol. The van der Waals surface area contributed by atoms with Crippen molar-refractivity contribution in [1.82, 2.24) is 14.1 Å². The normalized spacial score (nSPS) is 10.9. The molecule has 2 heterocycles. The Bertz CT molecular complexity index is 1010. The SMILES string of the molecule is COC(=O)c1cc(-c2ccc(NC(=O)c3nc(C(C)C)cn3C)cc2)cn1C. The summed E-state index contributed by atoms with van der Waals surface area (Å²) in [7, 11) is 4.96. The molecule has 1 N–H and O–H groups in total. The van der Waals surface area contributed by atoms with Crippen molar-refractivity contribution in [3.63, 3.8) is 0 Å². The summed E-state index contributed by atoms with van der Waals surface area (Å²) < 4.78 is 8.24. The third kappa shape index (κ3) is 3.83. The first-order valence-electron chi connectivity index (χ1n) is 9.00. The highest BCUT2D eigenvalue weighted by atomic mass is 16.5. The number of hydrogen-bond donors (Lipinski definition) is 1. The number of esters is 1. The van der Waals surface area contributed by atoms with Gasteiger partial charge in [0.05, 0.1) is 12.8 Å². The molecule has 146 valence electrons. The predicted octanol–water partition coefficient (Wildman–Crippen LogP) is 3.59. The van der Waals surface area contributed by atoms with E-state index in [2.05, 4.69) is 10.3 Å². The summed E-state index contributed by atoms with van der Waals surface area (Å²) in [6.07, 6.45) is 3.73. The van der Waals surface area contributed by atoms with E-state index in [1.54, 1.807) is 22.2 Å². The van der Waals surface area contributed by atoms with E-state index in [9.17, 15) is 9.59 Å². The third-order valence-electron chi connectivity index (χ3n) is 4.57. The Morgan fingerprint density at radius 3 is 2.29 bits per heavy atom. The van der Waals surface area contributed by atoms with Gasteiger partial charge in [0.1, 0.15) is 5.69 Å². The molecule has 28 heavy (non-hydrogen) atoms. The molecule has 0 spiro atoms. The van der Waals surface area contributed by atoms with Crippen molar-refractivity contribution < 1.29 is 14.3 Å². The van der Waals surface area contributed by atoms with Crippen molar-refractivity contribution in [2.75, 3.05) is 12.4 Å². The van der Waals surface area contributed by atoms with Crippen molar-refractivity contribution in [3.05, 3.63) is 59.9 Å². The quantitative estimate of drug-likeness (QED) is 0.686. The molecule has 0 saturated heterocycles. The summed E-state index contributed by atoms with van der Waals surface area (Å²) in [6, 6.07) is 9.21. The van der Waals surface area contributed by atoms with Crippen molar-refractivity contribution in [1.29, 1.82) is 0 Å². The second-order valence-corrected chi connectivity index (χ2v) is 7.00. The van der Waals surface area contributed by atoms with Gasteiger partial charge in [-0.3, -0.25) is 4.79 Å². The van der Waals surface area contributed by atoms with Crippen LogP contribution in [0.15, 0.2) is 42.7 Å². The van der Waals surface area contributed by atoms with Gasteiger partial charge in [-0.15, -0.1) is 0 Å². The van der Waals surface area contributed by atoms with Gasteiger partial charge < -0.3 is 19.2 Å². The number of carbonyl (C=O) groups is 2. The summed E-state index contributed by atoms with van der Waals surface area (Å²) in [5, 5.41) is 2.87. The predicted molar refractivity (Wildman–Crippen MR) is 107 cm³/mol. The number of nitrogens with zero attached hydrogens (tertiary/aromatic N) is 3. The zero-order valence-corrected chi connectivity index (χ0v) is 16.7. The van der Waals surface area contributed by atoms with Crippen LogP contribution >= 0.6 is 0 Å². The fourth-order valence-corrected chi connectivity index (χ4v) is 2.94. The van der Waals surface area contributed by atoms with Gasteiger partial charge in [-0.25, -0.2) is 9.78 Å². The summed E-state index contributed by atoms with van der Waals surface area (Å²) in [6.45, 7) is 4.08. The lowest BCUT2D eigenvalue weighted by Crippen LogP contribution is -2.16. The first-order chi connectivity index (χ1) is 13.3. The highest BCUT2D eigenvalue weighted by molar-refractivity contribution is 6.02. The number of benzene rings is 1. The summed E-state index contributed by atoms with van der Waals surface area (Å²) in [5.74, 6) is -0.00495. The fourth-order valence-electron chi connectivity index (χ4n) is 2.94. The highest BCUT2D eigenvalue weighted by Crippen LogP contribution is 2.24.